The highest BCUT2D eigenvalue weighted by molar-refractivity contribution is 7.47. The van der Waals surface area contributed by atoms with E-state index in [4.69, 9.17) is 18.5 Å². The Bertz CT molecular complexity index is 1390. The summed E-state index contributed by atoms with van der Waals surface area (Å²) in [4.78, 5) is 48.3. The molecule has 0 bridgehead atoms. The number of hydrogen-bond acceptors (Lipinski definition) is 10. The van der Waals surface area contributed by atoms with Gasteiger partial charge < -0.3 is 29.1 Å². The van der Waals surface area contributed by atoms with Crippen molar-refractivity contribution in [3.8, 4) is 0 Å². The summed E-state index contributed by atoms with van der Waals surface area (Å²) in [6.45, 7) is 4.02. The lowest BCUT2D eigenvalue weighted by atomic mass is 9.88. The zero-order chi connectivity index (χ0) is 47.3. The monoisotopic (exact) mass is 925 g/mol. The number of likely N-dealkylation sites (N-methyl/N-ethyl adjacent to an activating group) is 1. The van der Waals surface area contributed by atoms with Crippen LogP contribution < -0.4 is 0 Å². The van der Waals surface area contributed by atoms with Crippen LogP contribution in [-0.4, -0.2) is 103 Å². The number of Topliss-reactive ketones (excluding diaryl/α,β-unsaturated/α-hetero) is 1. The lowest BCUT2D eigenvalue weighted by molar-refractivity contribution is -0.870. The molecule has 6 atom stereocenters. The number of aliphatic hydroxyl groups is 2. The quantitative estimate of drug-likeness (QED) is 0.0176. The van der Waals surface area contributed by atoms with Gasteiger partial charge in [0.15, 0.2) is 6.10 Å². The predicted octanol–water partition coefficient (Wildman–Crippen LogP) is 11.2. The van der Waals surface area contributed by atoms with Crippen LogP contribution in [0.5, 0.6) is 0 Å². The van der Waals surface area contributed by atoms with Crippen molar-refractivity contribution >= 4 is 25.5 Å². The van der Waals surface area contributed by atoms with Crippen LogP contribution in [0.2, 0.25) is 0 Å². The fraction of sp³-hybridized carbons (Fsp3) is 0.784. The highest BCUT2D eigenvalue weighted by Gasteiger charge is 2.39. The van der Waals surface area contributed by atoms with Gasteiger partial charge in [-0.1, -0.05) is 146 Å². The fourth-order valence-electron chi connectivity index (χ4n) is 7.50. The summed E-state index contributed by atoms with van der Waals surface area (Å²) in [6, 6.07) is 0. The minimum atomic E-state index is -4.44. The van der Waals surface area contributed by atoms with E-state index in [2.05, 4.69) is 50.3 Å². The zero-order valence-electron chi connectivity index (χ0n) is 40.7. The SMILES string of the molecule is CCCCCC/C=C\C/C=C\C/C=C\CCCCCCCCC(=O)O[C@H](COC(=O)CCCCCC[C@H]1C(=O)C[C@@H](O)[C@@H]1/C=C/[C@@H](O)CCCCC)COP(=O)(O)OCC[N+](C)(C)C. The van der Waals surface area contributed by atoms with E-state index in [0.717, 1.165) is 89.9 Å². The molecule has 0 aromatic carbocycles. The third-order valence-electron chi connectivity index (χ3n) is 11.5. The number of allylic oxidation sites excluding steroid dienone is 6. The highest BCUT2D eigenvalue weighted by Crippen LogP contribution is 2.43. The molecule has 370 valence electrons. The summed E-state index contributed by atoms with van der Waals surface area (Å²) in [6.07, 6.45) is 37.7. The number of rotatable bonds is 41. The molecule has 1 saturated carbocycles. The second-order valence-electron chi connectivity index (χ2n) is 18.6. The number of nitrogens with zero attached hydrogens (tertiary/aromatic N) is 1. The van der Waals surface area contributed by atoms with Crippen LogP contribution in [0.3, 0.4) is 0 Å². The number of quaternary nitrogens is 1. The van der Waals surface area contributed by atoms with Gasteiger partial charge in [-0.05, 0) is 64.2 Å². The van der Waals surface area contributed by atoms with Crippen LogP contribution in [0.4, 0.5) is 0 Å². The van der Waals surface area contributed by atoms with Crippen molar-refractivity contribution in [2.75, 3.05) is 47.5 Å². The van der Waals surface area contributed by atoms with E-state index < -0.39 is 44.7 Å². The molecule has 0 amide bonds. The van der Waals surface area contributed by atoms with Gasteiger partial charge in [0.2, 0.25) is 0 Å². The molecular formula is C51H91NO11P+. The zero-order valence-corrected chi connectivity index (χ0v) is 41.6. The van der Waals surface area contributed by atoms with Gasteiger partial charge in [0.1, 0.15) is 25.5 Å². The molecule has 1 fully saturated rings. The maximum Gasteiger partial charge on any atom is 0.472 e. The van der Waals surface area contributed by atoms with Crippen LogP contribution >= 0.6 is 7.82 Å². The van der Waals surface area contributed by atoms with Gasteiger partial charge in [0, 0.05) is 31.1 Å². The molecule has 1 unspecified atom stereocenters. The highest BCUT2D eigenvalue weighted by atomic mass is 31.2. The minimum absolute atomic E-state index is 0.0114. The van der Waals surface area contributed by atoms with Crippen molar-refractivity contribution < 1.29 is 57.1 Å². The summed E-state index contributed by atoms with van der Waals surface area (Å²) < 4.78 is 34.4. The molecule has 0 saturated heterocycles. The summed E-state index contributed by atoms with van der Waals surface area (Å²) >= 11 is 0. The number of unbranched alkanes of at least 4 members (excludes halogenated alkanes) is 15. The van der Waals surface area contributed by atoms with E-state index in [1.165, 1.54) is 32.1 Å². The normalized spacial score (nSPS) is 19.1. The Kier molecular flexibility index (Phi) is 35.0. The molecule has 1 aliphatic rings. The van der Waals surface area contributed by atoms with Crippen molar-refractivity contribution in [3.05, 3.63) is 48.6 Å². The average Bonchev–Trinajstić information content (AvgIpc) is 3.51. The van der Waals surface area contributed by atoms with E-state index in [0.29, 0.717) is 36.7 Å². The Morgan fingerprint density at radius 1 is 0.734 bits per heavy atom. The molecule has 0 radical (unpaired) electrons. The molecule has 13 heteroatoms. The van der Waals surface area contributed by atoms with Gasteiger partial charge in [-0.15, -0.1) is 0 Å². The molecule has 1 aliphatic carbocycles. The summed E-state index contributed by atoms with van der Waals surface area (Å²) in [5, 5.41) is 20.8. The van der Waals surface area contributed by atoms with Crippen molar-refractivity contribution in [3.63, 3.8) is 0 Å². The van der Waals surface area contributed by atoms with E-state index in [1.807, 2.05) is 27.2 Å². The van der Waals surface area contributed by atoms with Gasteiger partial charge in [-0.3, -0.25) is 23.4 Å². The second-order valence-corrected chi connectivity index (χ2v) is 20.1. The first kappa shape index (κ1) is 59.6. The Hall–Kier alpha value is -2.44. The van der Waals surface area contributed by atoms with Crippen molar-refractivity contribution in [1.29, 1.82) is 0 Å². The van der Waals surface area contributed by atoms with Crippen LogP contribution in [-0.2, 0) is 37.5 Å². The number of ether oxygens (including phenoxy) is 2. The third kappa shape index (κ3) is 34.0. The maximum atomic E-state index is 12.8. The molecule has 64 heavy (non-hydrogen) atoms. The Morgan fingerprint density at radius 2 is 1.28 bits per heavy atom. The smallest absolute Gasteiger partial charge is 0.462 e. The number of hydrogen-bond donors (Lipinski definition) is 3. The predicted molar refractivity (Wildman–Crippen MR) is 257 cm³/mol. The topological polar surface area (TPSA) is 166 Å². The summed E-state index contributed by atoms with van der Waals surface area (Å²) in [5.74, 6) is -1.49. The van der Waals surface area contributed by atoms with Crippen molar-refractivity contribution in [2.45, 2.75) is 199 Å². The molecule has 12 nitrogen and oxygen atoms in total. The lowest BCUT2D eigenvalue weighted by Gasteiger charge is -2.24. The second kappa shape index (κ2) is 37.6. The number of phosphoric acid groups is 1. The number of carbonyl (C=O) groups is 3. The van der Waals surface area contributed by atoms with Gasteiger partial charge in [0.05, 0.1) is 40.0 Å². The van der Waals surface area contributed by atoms with Gasteiger partial charge >= 0.3 is 19.8 Å². The average molecular weight is 925 g/mol. The Balaban J connectivity index is 2.42. The van der Waals surface area contributed by atoms with Crippen LogP contribution in [0.25, 0.3) is 0 Å². The molecule has 0 aromatic rings. The Labute approximate surface area is 388 Å². The lowest BCUT2D eigenvalue weighted by Crippen LogP contribution is -2.37. The standard InChI is InChI=1S/C51H90NO11P/c1-6-8-10-11-12-13-14-15-16-17-18-19-20-21-22-23-24-25-26-32-36-51(57)63-45(43-62-64(58,59)61-40-39-52(3,4)5)42-60-50(56)35-31-28-27-30-34-46-47(49(55)41-48(46)54)38-37-44(53)33-29-9-7-2/h13-14,16-17,19-20,37-38,44-47,49,53,55H,6-12,15,18,21-36,39-43H2,1-5H3/p+1/b14-13-,17-16-,20-19-,38-37+/t44-,45+,46+,47+,49+/m0/s1. The van der Waals surface area contributed by atoms with Crippen LogP contribution in [0, 0.1) is 11.8 Å². The molecule has 0 aromatic heterocycles. The number of ketones is 1. The molecule has 0 heterocycles. The first-order valence-electron chi connectivity index (χ1n) is 25.0. The van der Waals surface area contributed by atoms with E-state index in [-0.39, 0.29) is 50.1 Å². The molecular weight excluding hydrogens is 834 g/mol. The van der Waals surface area contributed by atoms with Crippen molar-refractivity contribution in [1.82, 2.24) is 0 Å². The number of carbonyl (C=O) groups excluding carboxylic acids is 3. The summed E-state index contributed by atoms with van der Waals surface area (Å²) in [5.41, 5.74) is 0. The van der Waals surface area contributed by atoms with Gasteiger partial charge in [-0.25, -0.2) is 4.57 Å². The first-order chi connectivity index (χ1) is 30.7. The van der Waals surface area contributed by atoms with Crippen LogP contribution in [0.15, 0.2) is 48.6 Å². The molecule has 1 rings (SSSR count). The molecule has 0 spiro atoms. The van der Waals surface area contributed by atoms with Gasteiger partial charge in [0.25, 0.3) is 0 Å². The largest absolute Gasteiger partial charge is 0.472 e. The van der Waals surface area contributed by atoms with E-state index >= 15 is 0 Å². The number of esters is 2. The number of aliphatic hydroxyl groups excluding tert-OH is 2. The van der Waals surface area contributed by atoms with Crippen LogP contribution in [0.1, 0.15) is 181 Å². The summed E-state index contributed by atoms with van der Waals surface area (Å²) in [7, 11) is 1.33. The van der Waals surface area contributed by atoms with Crippen molar-refractivity contribution in [2.24, 2.45) is 11.8 Å². The van der Waals surface area contributed by atoms with E-state index in [1.54, 1.807) is 6.08 Å². The number of phosphoric ester groups is 1. The minimum Gasteiger partial charge on any atom is -0.462 e. The first-order valence-corrected chi connectivity index (χ1v) is 26.5. The Morgan fingerprint density at radius 3 is 1.91 bits per heavy atom. The third-order valence-corrected chi connectivity index (χ3v) is 12.5. The molecule has 0 aliphatic heterocycles. The van der Waals surface area contributed by atoms with Gasteiger partial charge in [-0.2, -0.15) is 0 Å². The maximum absolute atomic E-state index is 12.8. The fourth-order valence-corrected chi connectivity index (χ4v) is 8.25. The molecule has 3 N–H and O–H groups in total. The van der Waals surface area contributed by atoms with E-state index in [9.17, 15) is 34.1 Å².